The molecule has 0 aliphatic carbocycles. The number of pyridine rings is 1. The van der Waals surface area contributed by atoms with Crippen LogP contribution in [0.2, 0.25) is 5.15 Å². The molecule has 2 heterocycles. The number of nitro groups is 1. The molecule has 0 N–H and O–H groups in total. The lowest BCUT2D eigenvalue weighted by Crippen LogP contribution is -2.21. The first-order valence-corrected chi connectivity index (χ1v) is 5.69. The molecule has 8 heteroatoms. The van der Waals surface area contributed by atoms with E-state index in [1.165, 1.54) is 29.8 Å². The van der Waals surface area contributed by atoms with Crippen molar-refractivity contribution in [2.45, 2.75) is 13.5 Å². The van der Waals surface area contributed by atoms with Gasteiger partial charge in [-0.3, -0.25) is 14.9 Å². The van der Waals surface area contributed by atoms with E-state index in [2.05, 4.69) is 10.2 Å². The Morgan fingerprint density at radius 3 is 2.74 bits per heavy atom. The Labute approximate surface area is 112 Å². The summed E-state index contributed by atoms with van der Waals surface area (Å²) in [4.78, 5) is 22.1. The minimum atomic E-state index is -0.529. The third-order valence-electron chi connectivity index (χ3n) is 2.52. The molecule has 0 spiro atoms. The zero-order chi connectivity index (χ0) is 14.0. The average Bonchev–Trinajstić information content (AvgIpc) is 2.34. The smallest absolute Gasteiger partial charge is 0.288 e. The molecule has 2 aromatic heterocycles. The number of aromatic nitrogens is 3. The molecule has 0 saturated heterocycles. The maximum Gasteiger partial charge on any atom is 0.288 e. The third-order valence-corrected chi connectivity index (χ3v) is 2.72. The lowest BCUT2D eigenvalue weighted by Gasteiger charge is -2.05. The van der Waals surface area contributed by atoms with Crippen LogP contribution in [0, 0.1) is 17.0 Å². The van der Waals surface area contributed by atoms with Crippen LogP contribution in [0.4, 0.5) is 5.69 Å². The molecule has 0 atom stereocenters. The second kappa shape index (κ2) is 5.15. The highest BCUT2D eigenvalue weighted by Crippen LogP contribution is 2.14. The summed E-state index contributed by atoms with van der Waals surface area (Å²) in [5.74, 6) is 0. The second-order valence-corrected chi connectivity index (χ2v) is 4.30. The van der Waals surface area contributed by atoms with Crippen LogP contribution in [0.5, 0.6) is 0 Å². The van der Waals surface area contributed by atoms with Crippen LogP contribution in [0.3, 0.4) is 0 Å². The van der Waals surface area contributed by atoms with E-state index in [0.29, 0.717) is 11.3 Å². The Hall–Kier alpha value is -2.28. The van der Waals surface area contributed by atoms with Crippen molar-refractivity contribution >= 4 is 17.3 Å². The topological polar surface area (TPSA) is 90.9 Å². The molecule has 2 rings (SSSR count). The predicted octanol–water partition coefficient (Wildman–Crippen LogP) is 1.56. The van der Waals surface area contributed by atoms with Crippen LogP contribution in [0.1, 0.15) is 11.3 Å². The highest BCUT2D eigenvalue weighted by atomic mass is 35.5. The van der Waals surface area contributed by atoms with Crippen molar-refractivity contribution in [3.63, 3.8) is 0 Å². The van der Waals surface area contributed by atoms with Crippen molar-refractivity contribution < 1.29 is 4.92 Å². The van der Waals surface area contributed by atoms with Gasteiger partial charge in [-0.15, -0.1) is 5.10 Å². The minimum Gasteiger partial charge on any atom is -0.303 e. The van der Waals surface area contributed by atoms with E-state index in [1.54, 1.807) is 6.07 Å². The molecule has 7 nitrogen and oxygen atoms in total. The van der Waals surface area contributed by atoms with Crippen LogP contribution in [0.15, 0.2) is 29.2 Å². The Kier molecular flexibility index (Phi) is 3.57. The summed E-state index contributed by atoms with van der Waals surface area (Å²) in [6.07, 6.45) is 1.20. The van der Waals surface area contributed by atoms with Crippen LogP contribution in [-0.2, 0) is 6.54 Å². The SMILES string of the molecule is Cc1cc(=O)n(Cc2ccc(Cl)nn2)cc1[N+](=O)[O-]. The van der Waals surface area contributed by atoms with Crippen molar-refractivity contribution in [3.8, 4) is 0 Å². The second-order valence-electron chi connectivity index (χ2n) is 3.91. The molecule has 0 saturated carbocycles. The number of halogens is 1. The van der Waals surface area contributed by atoms with Gasteiger partial charge in [0.2, 0.25) is 0 Å². The highest BCUT2D eigenvalue weighted by molar-refractivity contribution is 6.29. The summed E-state index contributed by atoms with van der Waals surface area (Å²) in [6, 6.07) is 4.37. The van der Waals surface area contributed by atoms with Gasteiger partial charge in [-0.2, -0.15) is 5.10 Å². The zero-order valence-corrected chi connectivity index (χ0v) is 10.7. The minimum absolute atomic E-state index is 0.101. The molecule has 0 bridgehead atoms. The first kappa shape index (κ1) is 13.2. The highest BCUT2D eigenvalue weighted by Gasteiger charge is 2.13. The van der Waals surface area contributed by atoms with Crippen LogP contribution in [-0.4, -0.2) is 19.7 Å². The summed E-state index contributed by atoms with van der Waals surface area (Å²) in [5.41, 5.74) is 0.375. The summed E-state index contributed by atoms with van der Waals surface area (Å²) >= 11 is 5.60. The molecule has 19 heavy (non-hydrogen) atoms. The van der Waals surface area contributed by atoms with Crippen molar-refractivity contribution in [3.05, 3.63) is 61.3 Å². The van der Waals surface area contributed by atoms with Gasteiger partial charge in [-0.1, -0.05) is 11.6 Å². The zero-order valence-electron chi connectivity index (χ0n) is 9.91. The van der Waals surface area contributed by atoms with Crippen molar-refractivity contribution in [1.82, 2.24) is 14.8 Å². The fourth-order valence-electron chi connectivity index (χ4n) is 1.57. The summed E-state index contributed by atoms with van der Waals surface area (Å²) in [6.45, 7) is 1.62. The summed E-state index contributed by atoms with van der Waals surface area (Å²) < 4.78 is 1.21. The number of aryl methyl sites for hydroxylation is 1. The Bertz CT molecular complexity index is 681. The number of hydrogen-bond donors (Lipinski definition) is 0. The van der Waals surface area contributed by atoms with Crippen molar-refractivity contribution in [2.75, 3.05) is 0 Å². The molecule has 0 aliphatic heterocycles. The van der Waals surface area contributed by atoms with Gasteiger partial charge in [0.05, 0.1) is 23.4 Å². The molecule has 2 aromatic rings. The van der Waals surface area contributed by atoms with Crippen LogP contribution < -0.4 is 5.56 Å². The van der Waals surface area contributed by atoms with Gasteiger partial charge in [-0.25, -0.2) is 0 Å². The van der Waals surface area contributed by atoms with Crippen LogP contribution >= 0.6 is 11.6 Å². The van der Waals surface area contributed by atoms with Gasteiger partial charge >= 0.3 is 0 Å². The number of rotatable bonds is 3. The van der Waals surface area contributed by atoms with Gasteiger partial charge in [0, 0.05) is 11.6 Å². The van der Waals surface area contributed by atoms with E-state index in [9.17, 15) is 14.9 Å². The fraction of sp³-hybridized carbons (Fsp3) is 0.182. The van der Waals surface area contributed by atoms with E-state index in [-0.39, 0.29) is 22.9 Å². The van der Waals surface area contributed by atoms with Gasteiger partial charge in [0.15, 0.2) is 5.15 Å². The standard InChI is InChI=1S/C11H9ClN4O3/c1-7-4-11(17)15(6-9(7)16(18)19)5-8-2-3-10(12)14-13-8/h2-4,6H,5H2,1H3. The summed E-state index contributed by atoms with van der Waals surface area (Å²) in [5, 5.41) is 18.5. The molecule has 98 valence electrons. The average molecular weight is 281 g/mol. The van der Waals surface area contributed by atoms with E-state index >= 15 is 0 Å². The van der Waals surface area contributed by atoms with Gasteiger partial charge < -0.3 is 4.57 Å². The Morgan fingerprint density at radius 2 is 2.16 bits per heavy atom. The van der Waals surface area contributed by atoms with Gasteiger partial charge in [-0.05, 0) is 19.1 Å². The normalized spacial score (nSPS) is 10.4. The molecule has 0 aromatic carbocycles. The lowest BCUT2D eigenvalue weighted by molar-refractivity contribution is -0.385. The lowest BCUT2D eigenvalue weighted by atomic mass is 10.2. The molecule has 0 amide bonds. The van der Waals surface area contributed by atoms with Gasteiger partial charge in [0.1, 0.15) is 0 Å². The fourth-order valence-corrected chi connectivity index (χ4v) is 1.67. The monoisotopic (exact) mass is 280 g/mol. The Balaban J connectivity index is 2.40. The first-order chi connectivity index (χ1) is 8.97. The van der Waals surface area contributed by atoms with Gasteiger partial charge in [0.25, 0.3) is 11.2 Å². The predicted molar refractivity (Wildman–Crippen MR) is 68.2 cm³/mol. The van der Waals surface area contributed by atoms with E-state index in [4.69, 9.17) is 11.6 Å². The number of nitrogens with zero attached hydrogens (tertiary/aromatic N) is 4. The largest absolute Gasteiger partial charge is 0.303 e. The maximum atomic E-state index is 11.8. The molecule has 0 unspecified atom stereocenters. The molecule has 0 radical (unpaired) electrons. The van der Waals surface area contributed by atoms with Crippen LogP contribution in [0.25, 0.3) is 0 Å². The van der Waals surface area contributed by atoms with Crippen molar-refractivity contribution in [2.24, 2.45) is 0 Å². The quantitative estimate of drug-likeness (QED) is 0.628. The van der Waals surface area contributed by atoms with E-state index in [0.717, 1.165) is 0 Å². The van der Waals surface area contributed by atoms with Crippen molar-refractivity contribution in [1.29, 1.82) is 0 Å². The molecule has 0 aliphatic rings. The van der Waals surface area contributed by atoms with E-state index in [1.807, 2.05) is 0 Å². The van der Waals surface area contributed by atoms with E-state index < -0.39 is 4.92 Å². The molecular formula is C11H9ClN4O3. The molecular weight excluding hydrogens is 272 g/mol. The third kappa shape index (κ3) is 2.94. The Morgan fingerprint density at radius 1 is 1.42 bits per heavy atom. The summed E-state index contributed by atoms with van der Waals surface area (Å²) in [7, 11) is 0. The molecule has 0 fully saturated rings. The number of hydrogen-bond acceptors (Lipinski definition) is 5. The first-order valence-electron chi connectivity index (χ1n) is 5.31. The maximum absolute atomic E-state index is 11.8.